The molecule has 0 bridgehead atoms. The van der Waals surface area contributed by atoms with Gasteiger partial charge in [0.1, 0.15) is 12.4 Å². The molecular formula is C14H18O6. The molecule has 0 N–H and O–H groups in total. The summed E-state index contributed by atoms with van der Waals surface area (Å²) in [4.78, 5) is 22.8. The molecule has 0 aliphatic rings. The van der Waals surface area contributed by atoms with E-state index >= 15 is 0 Å². The van der Waals surface area contributed by atoms with Crippen molar-refractivity contribution in [3.63, 3.8) is 0 Å². The Balaban J connectivity index is 2.46. The van der Waals surface area contributed by atoms with Crippen LogP contribution in [-0.2, 0) is 19.0 Å². The predicted octanol–water partition coefficient (Wildman–Crippen LogP) is 1.43. The molecule has 0 aromatic heterocycles. The molecule has 0 aliphatic carbocycles. The number of carbonyl (C=O) groups is 2. The number of carbonyl (C=O) groups excluding carboxylic acids is 2. The predicted molar refractivity (Wildman–Crippen MR) is 70.7 cm³/mol. The van der Waals surface area contributed by atoms with Gasteiger partial charge in [0.25, 0.3) is 0 Å². The molecule has 0 spiro atoms. The van der Waals surface area contributed by atoms with E-state index in [1.54, 1.807) is 25.1 Å². The van der Waals surface area contributed by atoms with E-state index in [4.69, 9.17) is 18.9 Å². The maximum atomic E-state index is 11.5. The van der Waals surface area contributed by atoms with Crippen molar-refractivity contribution in [2.75, 3.05) is 33.5 Å². The smallest absolute Gasteiger partial charge is 0.344 e. The van der Waals surface area contributed by atoms with Crippen LogP contribution in [-0.4, -0.2) is 45.5 Å². The second-order valence-electron chi connectivity index (χ2n) is 3.75. The number of benzene rings is 1. The summed E-state index contributed by atoms with van der Waals surface area (Å²) in [6.45, 7) is 2.33. The molecular weight excluding hydrogens is 264 g/mol. The van der Waals surface area contributed by atoms with E-state index in [9.17, 15) is 9.59 Å². The number of esters is 2. The number of ether oxygens (including phenoxy) is 4. The van der Waals surface area contributed by atoms with Crippen LogP contribution in [0, 0.1) is 0 Å². The molecule has 0 radical (unpaired) electrons. The minimum Gasteiger partial charge on any atom is -0.482 e. The molecule has 110 valence electrons. The van der Waals surface area contributed by atoms with Gasteiger partial charge in [-0.3, -0.25) is 0 Å². The van der Waals surface area contributed by atoms with Crippen LogP contribution in [0.15, 0.2) is 24.3 Å². The Morgan fingerprint density at radius 2 is 1.95 bits per heavy atom. The Bertz CT molecular complexity index is 443. The SMILES string of the molecule is CCOC(=O)c1cccc(OCC(=O)OCCOC)c1. The van der Waals surface area contributed by atoms with Crippen molar-refractivity contribution < 1.29 is 28.5 Å². The van der Waals surface area contributed by atoms with Crippen molar-refractivity contribution in [2.24, 2.45) is 0 Å². The molecule has 0 fully saturated rings. The molecule has 1 rings (SSSR count). The maximum absolute atomic E-state index is 11.5. The maximum Gasteiger partial charge on any atom is 0.344 e. The van der Waals surface area contributed by atoms with Crippen molar-refractivity contribution >= 4 is 11.9 Å². The van der Waals surface area contributed by atoms with Gasteiger partial charge in [-0.2, -0.15) is 0 Å². The van der Waals surface area contributed by atoms with Crippen LogP contribution in [0.4, 0.5) is 0 Å². The van der Waals surface area contributed by atoms with E-state index in [1.807, 2.05) is 0 Å². The van der Waals surface area contributed by atoms with Crippen molar-refractivity contribution in [2.45, 2.75) is 6.92 Å². The minimum absolute atomic E-state index is 0.182. The van der Waals surface area contributed by atoms with E-state index in [1.165, 1.54) is 13.2 Å². The number of hydrogen-bond donors (Lipinski definition) is 0. The fraction of sp³-hybridized carbons (Fsp3) is 0.429. The van der Waals surface area contributed by atoms with Crippen LogP contribution in [0.5, 0.6) is 5.75 Å². The van der Waals surface area contributed by atoms with Crippen molar-refractivity contribution in [3.8, 4) is 5.75 Å². The van der Waals surface area contributed by atoms with Gasteiger partial charge in [-0.1, -0.05) is 6.07 Å². The minimum atomic E-state index is -0.497. The molecule has 0 amide bonds. The van der Waals surface area contributed by atoms with Gasteiger partial charge >= 0.3 is 11.9 Å². The first kappa shape index (κ1) is 16.0. The van der Waals surface area contributed by atoms with E-state index in [0.29, 0.717) is 24.5 Å². The van der Waals surface area contributed by atoms with Crippen molar-refractivity contribution in [1.82, 2.24) is 0 Å². The van der Waals surface area contributed by atoms with Gasteiger partial charge in [0.2, 0.25) is 0 Å². The largest absolute Gasteiger partial charge is 0.482 e. The summed E-state index contributed by atoms with van der Waals surface area (Å²) >= 11 is 0. The topological polar surface area (TPSA) is 71.1 Å². The number of methoxy groups -OCH3 is 1. The summed E-state index contributed by atoms with van der Waals surface area (Å²) in [5, 5.41) is 0. The van der Waals surface area contributed by atoms with Gasteiger partial charge in [-0.15, -0.1) is 0 Å². The molecule has 0 atom stereocenters. The second-order valence-corrected chi connectivity index (χ2v) is 3.75. The molecule has 1 aromatic carbocycles. The van der Waals surface area contributed by atoms with Crippen LogP contribution >= 0.6 is 0 Å². The summed E-state index contributed by atoms with van der Waals surface area (Å²) in [6, 6.07) is 6.42. The second kappa shape index (κ2) is 8.92. The number of rotatable bonds is 8. The molecule has 20 heavy (non-hydrogen) atoms. The lowest BCUT2D eigenvalue weighted by molar-refractivity contribution is -0.147. The highest BCUT2D eigenvalue weighted by molar-refractivity contribution is 5.89. The van der Waals surface area contributed by atoms with E-state index < -0.39 is 11.9 Å². The van der Waals surface area contributed by atoms with E-state index in [-0.39, 0.29) is 13.2 Å². The lowest BCUT2D eigenvalue weighted by Crippen LogP contribution is -2.17. The van der Waals surface area contributed by atoms with E-state index in [0.717, 1.165) is 0 Å². The Labute approximate surface area is 117 Å². The molecule has 0 saturated heterocycles. The summed E-state index contributed by atoms with van der Waals surface area (Å²) in [5.41, 5.74) is 0.372. The highest BCUT2D eigenvalue weighted by Crippen LogP contribution is 2.14. The molecule has 1 aromatic rings. The summed E-state index contributed by atoms with van der Waals surface area (Å²) in [7, 11) is 1.52. The summed E-state index contributed by atoms with van der Waals surface area (Å²) in [5.74, 6) is -0.525. The Morgan fingerprint density at radius 3 is 2.65 bits per heavy atom. The third-order valence-corrected chi connectivity index (χ3v) is 2.25. The van der Waals surface area contributed by atoms with Crippen molar-refractivity contribution in [3.05, 3.63) is 29.8 Å². The summed E-state index contributed by atoms with van der Waals surface area (Å²) in [6.07, 6.45) is 0. The first-order valence-corrected chi connectivity index (χ1v) is 6.22. The molecule has 0 aliphatic heterocycles. The fourth-order valence-corrected chi connectivity index (χ4v) is 1.35. The summed E-state index contributed by atoms with van der Waals surface area (Å²) < 4.78 is 19.7. The number of hydrogen-bond acceptors (Lipinski definition) is 6. The zero-order chi connectivity index (χ0) is 14.8. The molecule has 0 unspecified atom stereocenters. The lowest BCUT2D eigenvalue weighted by atomic mass is 10.2. The van der Waals surface area contributed by atoms with Crippen LogP contribution in [0.3, 0.4) is 0 Å². The van der Waals surface area contributed by atoms with E-state index in [2.05, 4.69) is 0 Å². The first-order chi connectivity index (χ1) is 9.67. The highest BCUT2D eigenvalue weighted by Gasteiger charge is 2.09. The standard InChI is InChI=1S/C14H18O6/c1-3-18-14(16)11-5-4-6-12(9-11)20-10-13(15)19-8-7-17-2/h4-6,9H,3,7-8,10H2,1-2H3. The third kappa shape index (κ3) is 5.71. The Hall–Kier alpha value is -2.08. The lowest BCUT2D eigenvalue weighted by Gasteiger charge is -2.08. The van der Waals surface area contributed by atoms with Gasteiger partial charge in [0.15, 0.2) is 6.61 Å². The van der Waals surface area contributed by atoms with Crippen LogP contribution < -0.4 is 4.74 Å². The van der Waals surface area contributed by atoms with Gasteiger partial charge in [0.05, 0.1) is 18.8 Å². The zero-order valence-corrected chi connectivity index (χ0v) is 11.6. The zero-order valence-electron chi connectivity index (χ0n) is 11.6. The Kier molecular flexibility index (Phi) is 7.13. The van der Waals surface area contributed by atoms with Crippen LogP contribution in [0.2, 0.25) is 0 Å². The van der Waals surface area contributed by atoms with Crippen LogP contribution in [0.25, 0.3) is 0 Å². The fourth-order valence-electron chi connectivity index (χ4n) is 1.35. The normalized spacial score (nSPS) is 9.90. The molecule has 0 heterocycles. The molecule has 6 nitrogen and oxygen atoms in total. The van der Waals surface area contributed by atoms with Crippen molar-refractivity contribution in [1.29, 1.82) is 0 Å². The first-order valence-electron chi connectivity index (χ1n) is 6.22. The van der Waals surface area contributed by atoms with Gasteiger partial charge in [-0.25, -0.2) is 9.59 Å². The molecule has 6 heteroatoms. The van der Waals surface area contributed by atoms with Gasteiger partial charge < -0.3 is 18.9 Å². The molecule has 0 saturated carbocycles. The third-order valence-electron chi connectivity index (χ3n) is 2.25. The monoisotopic (exact) mass is 282 g/mol. The van der Waals surface area contributed by atoms with Gasteiger partial charge in [0, 0.05) is 7.11 Å². The Morgan fingerprint density at radius 1 is 1.15 bits per heavy atom. The average Bonchev–Trinajstić information content (AvgIpc) is 2.46. The average molecular weight is 282 g/mol. The highest BCUT2D eigenvalue weighted by atomic mass is 16.6. The van der Waals surface area contributed by atoms with Gasteiger partial charge in [-0.05, 0) is 25.1 Å². The van der Waals surface area contributed by atoms with Crippen LogP contribution in [0.1, 0.15) is 17.3 Å². The quantitative estimate of drug-likeness (QED) is 0.530.